The summed E-state index contributed by atoms with van der Waals surface area (Å²) in [4.78, 5) is 29.8. The van der Waals surface area contributed by atoms with Crippen LogP contribution >= 0.6 is 45.9 Å². The second-order valence-electron chi connectivity index (χ2n) is 6.77. The van der Waals surface area contributed by atoms with Crippen LogP contribution in [0.25, 0.3) is 10.6 Å². The van der Waals surface area contributed by atoms with E-state index in [0.29, 0.717) is 16.2 Å². The van der Waals surface area contributed by atoms with Crippen LogP contribution in [-0.4, -0.2) is 38.3 Å². The second kappa shape index (κ2) is 9.06. The molecule has 3 aromatic heterocycles. The number of amides is 1. The Morgan fingerprint density at radius 1 is 1.34 bits per heavy atom. The van der Waals surface area contributed by atoms with Gasteiger partial charge in [0.1, 0.15) is 10.8 Å². The number of nitrogens with zero attached hydrogens (tertiary/aromatic N) is 4. The van der Waals surface area contributed by atoms with Gasteiger partial charge in [-0.2, -0.15) is 0 Å². The van der Waals surface area contributed by atoms with E-state index in [0.717, 1.165) is 35.0 Å². The molecule has 1 atom stereocenters. The lowest BCUT2D eigenvalue weighted by Crippen LogP contribution is -2.27. The number of rotatable bonds is 6. The molecule has 0 radical (unpaired) electrons. The molecule has 0 aromatic carbocycles. The van der Waals surface area contributed by atoms with Crippen LogP contribution in [0, 0.1) is 0 Å². The largest absolute Gasteiger partial charge is 0.296 e. The molecule has 0 bridgehead atoms. The predicted octanol–water partition coefficient (Wildman–Crippen LogP) is 5.60. The Kier molecular flexibility index (Phi) is 6.46. The molecule has 0 aliphatic carbocycles. The lowest BCUT2D eigenvalue weighted by molar-refractivity contribution is 0.102. The van der Waals surface area contributed by atoms with E-state index >= 15 is 0 Å². The van der Waals surface area contributed by atoms with E-state index in [9.17, 15) is 4.79 Å². The van der Waals surface area contributed by atoms with E-state index in [2.05, 4.69) is 27.1 Å². The van der Waals surface area contributed by atoms with Gasteiger partial charge in [-0.1, -0.05) is 41.5 Å². The third-order valence-electron chi connectivity index (χ3n) is 4.89. The van der Waals surface area contributed by atoms with Crippen molar-refractivity contribution in [2.75, 3.05) is 11.9 Å². The Balaban J connectivity index is 1.60. The molecule has 1 aliphatic rings. The Bertz CT molecular complexity index is 1000. The average Bonchev–Trinajstić information content (AvgIpc) is 3.42. The Hall–Kier alpha value is -1.58. The van der Waals surface area contributed by atoms with Crippen LogP contribution in [0.15, 0.2) is 23.8 Å². The SMILES string of the molecule is CC[C@@H]1CCCN1Cc1sc(NC(=O)c2cnc(Cl)cn2)nc1-c1cc(Cl)cs1. The Morgan fingerprint density at radius 2 is 2.21 bits per heavy atom. The summed E-state index contributed by atoms with van der Waals surface area (Å²) in [7, 11) is 0. The molecular formula is C19H19Cl2N5OS2. The molecule has 3 aromatic rings. The van der Waals surface area contributed by atoms with Crippen molar-refractivity contribution in [1.29, 1.82) is 0 Å². The highest BCUT2D eigenvalue weighted by Crippen LogP contribution is 2.38. The van der Waals surface area contributed by atoms with Gasteiger partial charge in [-0.3, -0.25) is 15.0 Å². The van der Waals surface area contributed by atoms with Crippen molar-refractivity contribution in [3.8, 4) is 10.6 Å². The zero-order valence-corrected chi connectivity index (χ0v) is 18.8. The minimum absolute atomic E-state index is 0.192. The van der Waals surface area contributed by atoms with Crippen molar-refractivity contribution < 1.29 is 4.79 Å². The number of anilines is 1. The molecule has 29 heavy (non-hydrogen) atoms. The minimum Gasteiger partial charge on any atom is -0.296 e. The van der Waals surface area contributed by atoms with Gasteiger partial charge in [-0.25, -0.2) is 15.0 Å². The van der Waals surface area contributed by atoms with E-state index in [-0.39, 0.29) is 16.8 Å². The van der Waals surface area contributed by atoms with Gasteiger partial charge in [0, 0.05) is 22.8 Å². The Labute approximate surface area is 186 Å². The molecular weight excluding hydrogens is 449 g/mol. The normalized spacial score (nSPS) is 17.0. The van der Waals surface area contributed by atoms with E-state index in [4.69, 9.17) is 28.2 Å². The molecule has 0 unspecified atom stereocenters. The molecule has 6 nitrogen and oxygen atoms in total. The number of hydrogen-bond acceptors (Lipinski definition) is 7. The van der Waals surface area contributed by atoms with Gasteiger partial charge >= 0.3 is 0 Å². The van der Waals surface area contributed by atoms with Crippen LogP contribution in [0.1, 0.15) is 41.6 Å². The molecule has 152 valence electrons. The van der Waals surface area contributed by atoms with Gasteiger partial charge in [0.15, 0.2) is 5.13 Å². The number of likely N-dealkylation sites (tertiary alicyclic amines) is 1. The zero-order chi connectivity index (χ0) is 20.4. The number of halogens is 2. The summed E-state index contributed by atoms with van der Waals surface area (Å²) in [5.41, 5.74) is 1.07. The number of thiophene rings is 1. The van der Waals surface area contributed by atoms with Crippen LogP contribution in [-0.2, 0) is 6.54 Å². The molecule has 1 saturated heterocycles. The summed E-state index contributed by atoms with van der Waals surface area (Å²) in [6.45, 7) is 4.13. The fourth-order valence-electron chi connectivity index (χ4n) is 3.48. The molecule has 4 heterocycles. The van der Waals surface area contributed by atoms with Crippen molar-refractivity contribution in [3.05, 3.63) is 44.6 Å². The van der Waals surface area contributed by atoms with Crippen LogP contribution in [0.2, 0.25) is 10.2 Å². The third-order valence-corrected chi connectivity index (χ3v) is 7.32. The standard InChI is InChI=1S/C19H19Cl2N5OS2/c1-2-12-4-3-5-26(12)9-15-17(14-6-11(20)10-28-14)24-19(29-15)25-18(27)13-7-23-16(21)8-22-13/h6-8,10,12H,2-5,9H2,1H3,(H,24,25,27)/t12-/m1/s1. The van der Waals surface area contributed by atoms with Gasteiger partial charge < -0.3 is 0 Å². The maximum Gasteiger partial charge on any atom is 0.277 e. The monoisotopic (exact) mass is 467 g/mol. The average molecular weight is 468 g/mol. The van der Waals surface area contributed by atoms with Crippen LogP contribution in [0.3, 0.4) is 0 Å². The highest BCUT2D eigenvalue weighted by molar-refractivity contribution is 7.17. The lowest BCUT2D eigenvalue weighted by Gasteiger charge is -2.22. The highest BCUT2D eigenvalue weighted by Gasteiger charge is 2.26. The number of nitrogens with one attached hydrogen (secondary N) is 1. The summed E-state index contributed by atoms with van der Waals surface area (Å²) in [6, 6.07) is 2.52. The third kappa shape index (κ3) is 4.78. The predicted molar refractivity (Wildman–Crippen MR) is 119 cm³/mol. The van der Waals surface area contributed by atoms with E-state index in [1.54, 1.807) is 11.3 Å². The minimum atomic E-state index is -0.363. The van der Waals surface area contributed by atoms with Crippen LogP contribution in [0.4, 0.5) is 5.13 Å². The van der Waals surface area contributed by atoms with Gasteiger partial charge in [0.05, 0.1) is 28.0 Å². The smallest absolute Gasteiger partial charge is 0.277 e. The van der Waals surface area contributed by atoms with E-state index < -0.39 is 0 Å². The summed E-state index contributed by atoms with van der Waals surface area (Å²) in [5.74, 6) is -0.363. The molecule has 0 saturated carbocycles. The number of carbonyl (C=O) groups is 1. The number of carbonyl (C=O) groups excluding carboxylic acids is 1. The zero-order valence-electron chi connectivity index (χ0n) is 15.7. The second-order valence-corrected chi connectivity index (χ2v) is 9.59. The topological polar surface area (TPSA) is 71.0 Å². The molecule has 1 N–H and O–H groups in total. The first-order chi connectivity index (χ1) is 14.0. The summed E-state index contributed by atoms with van der Waals surface area (Å²) in [5, 5.41) is 6.21. The van der Waals surface area contributed by atoms with E-state index in [1.807, 2.05) is 11.4 Å². The summed E-state index contributed by atoms with van der Waals surface area (Å²) >= 11 is 14.9. The first-order valence-corrected chi connectivity index (χ1v) is 11.8. The summed E-state index contributed by atoms with van der Waals surface area (Å²) < 4.78 is 0. The number of aromatic nitrogens is 3. The van der Waals surface area contributed by atoms with Crippen LogP contribution in [0.5, 0.6) is 0 Å². The first-order valence-electron chi connectivity index (χ1n) is 9.30. The van der Waals surface area contributed by atoms with Gasteiger partial charge in [-0.05, 0) is 31.9 Å². The number of hydrogen-bond donors (Lipinski definition) is 1. The van der Waals surface area contributed by atoms with Crippen molar-refractivity contribution in [1.82, 2.24) is 19.9 Å². The first kappa shape index (κ1) is 20.7. The molecule has 10 heteroatoms. The van der Waals surface area contributed by atoms with Crippen molar-refractivity contribution in [2.45, 2.75) is 38.8 Å². The van der Waals surface area contributed by atoms with Gasteiger partial charge in [-0.15, -0.1) is 11.3 Å². The lowest BCUT2D eigenvalue weighted by atomic mass is 10.1. The molecule has 1 fully saturated rings. The maximum atomic E-state index is 12.5. The fraction of sp³-hybridized carbons (Fsp3) is 0.368. The molecule has 0 spiro atoms. The Morgan fingerprint density at radius 3 is 2.90 bits per heavy atom. The molecule has 1 aliphatic heterocycles. The van der Waals surface area contributed by atoms with Crippen molar-refractivity contribution in [3.63, 3.8) is 0 Å². The number of thiazole rings is 1. The van der Waals surface area contributed by atoms with Gasteiger partial charge in [0.25, 0.3) is 5.91 Å². The van der Waals surface area contributed by atoms with Crippen molar-refractivity contribution >= 4 is 56.9 Å². The highest BCUT2D eigenvalue weighted by atomic mass is 35.5. The fourth-order valence-corrected chi connectivity index (χ4v) is 5.73. The molecule has 4 rings (SSSR count). The van der Waals surface area contributed by atoms with E-state index in [1.165, 1.54) is 36.6 Å². The maximum absolute atomic E-state index is 12.5. The quantitative estimate of drug-likeness (QED) is 0.510. The van der Waals surface area contributed by atoms with Gasteiger partial charge in [0.2, 0.25) is 0 Å². The molecule has 1 amide bonds. The van der Waals surface area contributed by atoms with Crippen molar-refractivity contribution in [2.24, 2.45) is 0 Å². The van der Waals surface area contributed by atoms with Crippen LogP contribution < -0.4 is 5.32 Å². The summed E-state index contributed by atoms with van der Waals surface area (Å²) in [6.07, 6.45) is 6.28.